The zero-order valence-electron chi connectivity index (χ0n) is 15.9. The zero-order valence-corrected chi connectivity index (χ0v) is 15.9. The van der Waals surface area contributed by atoms with Crippen molar-refractivity contribution in [3.05, 3.63) is 40.3 Å². The number of carbonyl (C=O) groups is 1. The second-order valence-corrected chi connectivity index (χ2v) is 6.84. The van der Waals surface area contributed by atoms with Gasteiger partial charge in [-0.05, 0) is 12.5 Å². The molecule has 0 bridgehead atoms. The highest BCUT2D eigenvalue weighted by molar-refractivity contribution is 6.04. The van der Waals surface area contributed by atoms with Gasteiger partial charge in [-0.1, -0.05) is 38.0 Å². The first-order chi connectivity index (χ1) is 13.2. The van der Waals surface area contributed by atoms with Gasteiger partial charge in [0.05, 0.1) is 18.6 Å². The third-order valence-electron chi connectivity index (χ3n) is 4.87. The molecule has 1 N–H and O–H groups in total. The Morgan fingerprint density at radius 1 is 1.15 bits per heavy atom. The van der Waals surface area contributed by atoms with E-state index in [0.717, 1.165) is 52.1 Å². The van der Waals surface area contributed by atoms with Gasteiger partial charge in [0.15, 0.2) is 5.69 Å². The van der Waals surface area contributed by atoms with Crippen LogP contribution in [-0.2, 0) is 11.3 Å². The quantitative estimate of drug-likeness (QED) is 0.713. The van der Waals surface area contributed by atoms with Crippen LogP contribution >= 0.6 is 0 Å². The van der Waals surface area contributed by atoms with Crippen molar-refractivity contribution >= 4 is 16.7 Å². The van der Waals surface area contributed by atoms with E-state index in [-0.39, 0.29) is 11.5 Å². The number of nitrogens with zero attached hydrogens (tertiary/aromatic N) is 3. The number of amides is 1. The molecule has 1 amide bonds. The Bertz CT molecular complexity index is 828. The number of carbonyl (C=O) groups excluding carboxylic acids is 1. The molecule has 2 aromatic rings. The highest BCUT2D eigenvalue weighted by Gasteiger charge is 2.17. The number of aryl methyl sites for hydroxylation is 1. The summed E-state index contributed by atoms with van der Waals surface area (Å²) < 4.78 is 6.78. The van der Waals surface area contributed by atoms with E-state index in [2.05, 4.69) is 22.2 Å². The van der Waals surface area contributed by atoms with Gasteiger partial charge in [-0.15, -0.1) is 0 Å². The standard InChI is InChI=1S/C20H28N4O3/c1-2-3-6-10-24-20(26)17-8-5-4-7-16(17)18(22-24)19(25)21-9-11-23-12-14-27-15-13-23/h4-5,7-8H,2-3,6,9-15H2,1H3,(H,21,25). The van der Waals surface area contributed by atoms with Crippen molar-refractivity contribution in [3.8, 4) is 0 Å². The molecular formula is C20H28N4O3. The summed E-state index contributed by atoms with van der Waals surface area (Å²) in [4.78, 5) is 27.7. The Kier molecular flexibility index (Phi) is 6.95. The van der Waals surface area contributed by atoms with Gasteiger partial charge in [-0.3, -0.25) is 14.5 Å². The van der Waals surface area contributed by atoms with Crippen molar-refractivity contribution in [1.82, 2.24) is 20.0 Å². The molecule has 3 rings (SSSR count). The van der Waals surface area contributed by atoms with Crippen LogP contribution in [0.2, 0.25) is 0 Å². The van der Waals surface area contributed by atoms with Gasteiger partial charge in [-0.2, -0.15) is 5.10 Å². The molecule has 1 aliphatic rings. The number of hydrogen-bond acceptors (Lipinski definition) is 5. The number of ether oxygens (including phenoxy) is 1. The van der Waals surface area contributed by atoms with Crippen molar-refractivity contribution in [1.29, 1.82) is 0 Å². The second-order valence-electron chi connectivity index (χ2n) is 6.84. The Morgan fingerprint density at radius 3 is 2.63 bits per heavy atom. The summed E-state index contributed by atoms with van der Waals surface area (Å²) in [5, 5.41) is 8.50. The van der Waals surface area contributed by atoms with E-state index in [1.165, 1.54) is 4.68 Å². The van der Waals surface area contributed by atoms with Crippen LogP contribution in [0.3, 0.4) is 0 Å². The summed E-state index contributed by atoms with van der Waals surface area (Å²) in [6.07, 6.45) is 2.97. The first-order valence-electron chi connectivity index (χ1n) is 9.79. The SMILES string of the molecule is CCCCCn1nc(C(=O)NCCN2CCOCC2)c2ccccc2c1=O. The first kappa shape index (κ1) is 19.5. The maximum absolute atomic E-state index is 12.8. The summed E-state index contributed by atoms with van der Waals surface area (Å²) in [5.41, 5.74) is 0.190. The predicted octanol–water partition coefficient (Wildman–Crippen LogP) is 1.65. The molecule has 2 heterocycles. The van der Waals surface area contributed by atoms with Crippen LogP contribution in [0.5, 0.6) is 0 Å². The molecule has 1 saturated heterocycles. The number of benzene rings is 1. The molecule has 7 heteroatoms. The summed E-state index contributed by atoms with van der Waals surface area (Å²) in [7, 11) is 0. The lowest BCUT2D eigenvalue weighted by Gasteiger charge is -2.26. The topological polar surface area (TPSA) is 76.5 Å². The van der Waals surface area contributed by atoms with Crippen LogP contribution < -0.4 is 10.9 Å². The minimum atomic E-state index is -0.233. The summed E-state index contributed by atoms with van der Waals surface area (Å²) in [6, 6.07) is 7.20. The van der Waals surface area contributed by atoms with E-state index in [4.69, 9.17) is 4.74 Å². The lowest BCUT2D eigenvalue weighted by Crippen LogP contribution is -2.41. The monoisotopic (exact) mass is 372 g/mol. The third kappa shape index (κ3) is 4.93. The van der Waals surface area contributed by atoms with Crippen molar-refractivity contribution in [3.63, 3.8) is 0 Å². The molecule has 1 aromatic heterocycles. The fraction of sp³-hybridized carbons (Fsp3) is 0.550. The van der Waals surface area contributed by atoms with Gasteiger partial charge in [0.25, 0.3) is 11.5 Å². The molecule has 1 aromatic carbocycles. The number of rotatable bonds is 8. The van der Waals surface area contributed by atoms with Crippen LogP contribution in [0.25, 0.3) is 10.8 Å². The van der Waals surface area contributed by atoms with Gasteiger partial charge < -0.3 is 10.1 Å². The Balaban J connectivity index is 1.75. The van der Waals surface area contributed by atoms with Crippen molar-refractivity contribution in [2.75, 3.05) is 39.4 Å². The lowest BCUT2D eigenvalue weighted by atomic mass is 10.1. The molecule has 1 aliphatic heterocycles. The van der Waals surface area contributed by atoms with Gasteiger partial charge in [0.2, 0.25) is 0 Å². The predicted molar refractivity (Wildman–Crippen MR) is 105 cm³/mol. The Morgan fingerprint density at radius 2 is 1.89 bits per heavy atom. The van der Waals surface area contributed by atoms with E-state index in [1.807, 2.05) is 12.1 Å². The van der Waals surface area contributed by atoms with Crippen LogP contribution in [-0.4, -0.2) is 60.0 Å². The highest BCUT2D eigenvalue weighted by atomic mass is 16.5. The van der Waals surface area contributed by atoms with Crippen molar-refractivity contribution in [2.45, 2.75) is 32.7 Å². The van der Waals surface area contributed by atoms with E-state index < -0.39 is 0 Å². The van der Waals surface area contributed by atoms with Gasteiger partial charge in [0.1, 0.15) is 0 Å². The fourth-order valence-electron chi connectivity index (χ4n) is 3.30. The van der Waals surface area contributed by atoms with Gasteiger partial charge >= 0.3 is 0 Å². The van der Waals surface area contributed by atoms with E-state index >= 15 is 0 Å². The second kappa shape index (κ2) is 9.62. The third-order valence-corrected chi connectivity index (χ3v) is 4.87. The number of fused-ring (bicyclic) bond motifs is 1. The van der Waals surface area contributed by atoms with Crippen molar-refractivity contribution < 1.29 is 9.53 Å². The largest absolute Gasteiger partial charge is 0.379 e. The summed E-state index contributed by atoms with van der Waals surface area (Å²) in [6.45, 7) is 7.23. The van der Waals surface area contributed by atoms with Gasteiger partial charge in [-0.25, -0.2) is 4.68 Å². The number of hydrogen-bond donors (Lipinski definition) is 1. The fourth-order valence-corrected chi connectivity index (χ4v) is 3.30. The number of aromatic nitrogens is 2. The normalized spacial score (nSPS) is 15.1. The first-order valence-corrected chi connectivity index (χ1v) is 9.79. The molecule has 0 aliphatic carbocycles. The average Bonchev–Trinajstić information content (AvgIpc) is 2.70. The van der Waals surface area contributed by atoms with Crippen molar-refractivity contribution in [2.24, 2.45) is 0 Å². The number of unbranched alkanes of at least 4 members (excludes halogenated alkanes) is 2. The molecule has 146 valence electrons. The zero-order chi connectivity index (χ0) is 19.1. The number of nitrogens with one attached hydrogen (secondary N) is 1. The Labute approximate surface area is 159 Å². The smallest absolute Gasteiger partial charge is 0.274 e. The van der Waals surface area contributed by atoms with Crippen LogP contribution in [0, 0.1) is 0 Å². The van der Waals surface area contributed by atoms with Gasteiger partial charge in [0, 0.05) is 38.1 Å². The molecule has 0 unspecified atom stereocenters. The molecule has 1 fully saturated rings. The average molecular weight is 372 g/mol. The minimum absolute atomic E-state index is 0.133. The Hall–Kier alpha value is -2.25. The highest BCUT2D eigenvalue weighted by Crippen LogP contribution is 2.13. The van der Waals surface area contributed by atoms with Crippen LogP contribution in [0.4, 0.5) is 0 Å². The summed E-state index contributed by atoms with van der Waals surface area (Å²) in [5.74, 6) is -0.233. The molecule has 0 saturated carbocycles. The molecule has 0 radical (unpaired) electrons. The molecule has 27 heavy (non-hydrogen) atoms. The van der Waals surface area contributed by atoms with E-state index in [1.54, 1.807) is 12.1 Å². The van der Waals surface area contributed by atoms with Crippen LogP contribution in [0.1, 0.15) is 36.7 Å². The van der Waals surface area contributed by atoms with E-state index in [0.29, 0.717) is 29.6 Å². The maximum atomic E-state index is 12.8. The lowest BCUT2D eigenvalue weighted by molar-refractivity contribution is 0.0383. The number of morpholine rings is 1. The maximum Gasteiger partial charge on any atom is 0.274 e. The molecular weight excluding hydrogens is 344 g/mol. The summed E-state index contributed by atoms with van der Waals surface area (Å²) >= 11 is 0. The van der Waals surface area contributed by atoms with Crippen LogP contribution in [0.15, 0.2) is 29.1 Å². The molecule has 0 spiro atoms. The molecule has 0 atom stereocenters. The van der Waals surface area contributed by atoms with E-state index in [9.17, 15) is 9.59 Å². The minimum Gasteiger partial charge on any atom is -0.379 e. The molecule has 7 nitrogen and oxygen atoms in total.